The zero-order chi connectivity index (χ0) is 24.6. The number of nitrogens with one attached hydrogen (secondary N) is 1. The molecule has 0 saturated carbocycles. The predicted octanol–water partition coefficient (Wildman–Crippen LogP) is 5.04. The number of benzene rings is 2. The molecule has 2 aromatic carbocycles. The molecular weight excluding hydrogens is 467 g/mol. The van der Waals surface area contributed by atoms with E-state index in [1.165, 1.54) is 12.1 Å². The molecule has 1 unspecified atom stereocenters. The number of alkyl halides is 2. The van der Waals surface area contributed by atoms with Crippen molar-refractivity contribution in [3.63, 3.8) is 0 Å². The zero-order valence-electron chi connectivity index (χ0n) is 19.1. The summed E-state index contributed by atoms with van der Waals surface area (Å²) in [5.41, 5.74) is 2.25. The Hall–Kier alpha value is -3.01. The minimum absolute atomic E-state index is 0.0578. The van der Waals surface area contributed by atoms with Crippen LogP contribution in [-0.2, 0) is 9.84 Å². The molecule has 0 spiro atoms. The average Bonchev–Trinajstić information content (AvgIpc) is 2.78. The number of halogens is 3. The number of pyridine rings is 1. The van der Waals surface area contributed by atoms with Gasteiger partial charge in [0.05, 0.1) is 41.4 Å². The molecule has 0 bridgehead atoms. The molecule has 1 N–H and O–H groups in total. The third-order valence-corrected chi connectivity index (χ3v) is 7.66. The number of sulfone groups is 1. The van der Waals surface area contributed by atoms with Crippen LogP contribution >= 0.6 is 0 Å². The third-order valence-electron chi connectivity index (χ3n) is 6.05. The molecule has 34 heavy (non-hydrogen) atoms. The van der Waals surface area contributed by atoms with E-state index in [0.29, 0.717) is 35.7 Å². The maximum absolute atomic E-state index is 14.7. The van der Waals surface area contributed by atoms with E-state index >= 15 is 0 Å². The number of fused-ring (bicyclic) bond motifs is 1. The Labute approximate surface area is 196 Å². The number of hydrogen-bond acceptors (Lipinski definition) is 6. The van der Waals surface area contributed by atoms with Gasteiger partial charge in [0.1, 0.15) is 11.6 Å². The summed E-state index contributed by atoms with van der Waals surface area (Å²) in [6.07, 6.45) is -2.90. The summed E-state index contributed by atoms with van der Waals surface area (Å²) in [5.74, 6) is -0.242. The number of hydrogen-bond donors (Lipinski definition) is 1. The van der Waals surface area contributed by atoms with Crippen molar-refractivity contribution in [1.29, 1.82) is 0 Å². The highest BCUT2D eigenvalue weighted by molar-refractivity contribution is 7.91. The Morgan fingerprint density at radius 2 is 1.79 bits per heavy atom. The third kappa shape index (κ3) is 4.77. The topological polar surface area (TPSA) is 71.5 Å². The first kappa shape index (κ1) is 24.1. The SMILES string of the molecule is COc1cc2nc(C)cc(NC(C)c3cccc(C(F)F)c3F)c2cc1N1CCS(=O)(=O)CC1. The van der Waals surface area contributed by atoms with Crippen LogP contribution in [0.3, 0.4) is 0 Å². The Morgan fingerprint density at radius 1 is 1.12 bits per heavy atom. The van der Waals surface area contributed by atoms with Crippen molar-refractivity contribution in [2.45, 2.75) is 26.3 Å². The van der Waals surface area contributed by atoms with Gasteiger partial charge in [-0.05, 0) is 26.0 Å². The molecule has 1 aliphatic heterocycles. The smallest absolute Gasteiger partial charge is 0.266 e. The highest BCUT2D eigenvalue weighted by Gasteiger charge is 2.25. The van der Waals surface area contributed by atoms with Crippen LogP contribution in [0.2, 0.25) is 0 Å². The molecule has 0 aliphatic carbocycles. The first-order valence-corrected chi connectivity index (χ1v) is 12.7. The molecule has 0 amide bonds. The van der Waals surface area contributed by atoms with Gasteiger partial charge < -0.3 is 15.0 Å². The van der Waals surface area contributed by atoms with Crippen LogP contribution in [0.25, 0.3) is 10.9 Å². The molecule has 1 atom stereocenters. The van der Waals surface area contributed by atoms with Gasteiger partial charge in [-0.25, -0.2) is 21.6 Å². The van der Waals surface area contributed by atoms with E-state index in [4.69, 9.17) is 4.74 Å². The summed E-state index contributed by atoms with van der Waals surface area (Å²) in [4.78, 5) is 6.54. The molecule has 4 rings (SSSR count). The molecule has 1 aromatic heterocycles. The number of anilines is 2. The number of ether oxygens (including phenoxy) is 1. The fraction of sp³-hybridized carbons (Fsp3) is 0.375. The second-order valence-corrected chi connectivity index (χ2v) is 10.7. The summed E-state index contributed by atoms with van der Waals surface area (Å²) < 4.78 is 70.4. The van der Waals surface area contributed by atoms with Gasteiger partial charge in [0.15, 0.2) is 9.84 Å². The van der Waals surface area contributed by atoms with Gasteiger partial charge in [0.2, 0.25) is 0 Å². The highest BCUT2D eigenvalue weighted by atomic mass is 32.2. The van der Waals surface area contributed by atoms with Crippen LogP contribution in [0.15, 0.2) is 36.4 Å². The van der Waals surface area contributed by atoms with Gasteiger partial charge >= 0.3 is 0 Å². The van der Waals surface area contributed by atoms with E-state index in [2.05, 4.69) is 10.3 Å². The first-order chi connectivity index (χ1) is 16.1. The molecular formula is C24H26F3N3O3S. The van der Waals surface area contributed by atoms with Crippen molar-refractivity contribution in [1.82, 2.24) is 4.98 Å². The molecule has 1 saturated heterocycles. The molecule has 10 heteroatoms. The summed E-state index contributed by atoms with van der Waals surface area (Å²) >= 11 is 0. The average molecular weight is 494 g/mol. The molecule has 1 aliphatic rings. The van der Waals surface area contributed by atoms with Crippen molar-refractivity contribution in [2.24, 2.45) is 0 Å². The van der Waals surface area contributed by atoms with Gasteiger partial charge in [0.25, 0.3) is 6.43 Å². The Morgan fingerprint density at radius 3 is 2.44 bits per heavy atom. The van der Waals surface area contributed by atoms with Crippen LogP contribution < -0.4 is 15.0 Å². The Kier molecular flexibility index (Phi) is 6.62. The lowest BCUT2D eigenvalue weighted by Gasteiger charge is -2.30. The van der Waals surface area contributed by atoms with Gasteiger partial charge in [-0.3, -0.25) is 4.98 Å². The maximum atomic E-state index is 14.7. The molecule has 182 valence electrons. The van der Waals surface area contributed by atoms with Crippen LogP contribution in [0.5, 0.6) is 5.75 Å². The van der Waals surface area contributed by atoms with E-state index in [9.17, 15) is 21.6 Å². The predicted molar refractivity (Wildman–Crippen MR) is 127 cm³/mol. The normalized spacial score (nSPS) is 16.6. The van der Waals surface area contributed by atoms with Crippen molar-refractivity contribution < 1.29 is 26.3 Å². The molecule has 6 nitrogen and oxygen atoms in total. The van der Waals surface area contributed by atoms with Gasteiger partial charge in [-0.2, -0.15) is 0 Å². The van der Waals surface area contributed by atoms with Crippen LogP contribution in [0.4, 0.5) is 24.5 Å². The number of nitrogens with zero attached hydrogens (tertiary/aromatic N) is 2. The second kappa shape index (κ2) is 9.32. The largest absolute Gasteiger partial charge is 0.495 e. The Bertz CT molecular complexity index is 1320. The van der Waals surface area contributed by atoms with Crippen molar-refractivity contribution in [3.8, 4) is 5.75 Å². The molecule has 2 heterocycles. The van der Waals surface area contributed by atoms with E-state index < -0.39 is 33.7 Å². The van der Waals surface area contributed by atoms with Crippen LogP contribution in [-0.4, -0.2) is 45.1 Å². The monoisotopic (exact) mass is 493 g/mol. The summed E-state index contributed by atoms with van der Waals surface area (Å²) in [6, 6.07) is 8.85. The first-order valence-electron chi connectivity index (χ1n) is 10.9. The number of aromatic nitrogens is 1. The summed E-state index contributed by atoms with van der Waals surface area (Å²) in [6.45, 7) is 4.21. The fourth-order valence-corrected chi connectivity index (χ4v) is 5.44. The van der Waals surface area contributed by atoms with Crippen molar-refractivity contribution in [2.75, 3.05) is 41.9 Å². The van der Waals surface area contributed by atoms with Gasteiger partial charge in [-0.15, -0.1) is 0 Å². The molecule has 3 aromatic rings. The summed E-state index contributed by atoms with van der Waals surface area (Å²) in [7, 11) is -1.51. The second-order valence-electron chi connectivity index (χ2n) is 8.41. The molecule has 0 radical (unpaired) electrons. The standard InChI is InChI=1S/C24H26F3N3O3S/c1-14-11-19(29-15(2)16-5-4-6-17(23(16)25)24(26)27)18-12-21(22(33-3)13-20(18)28-14)30-7-9-34(31,32)10-8-30/h4-6,11-13,15,24H,7-10H2,1-3H3,(H,28,29). The number of aryl methyl sites for hydroxylation is 1. The Balaban J connectivity index is 1.75. The molecule has 1 fully saturated rings. The van der Waals surface area contributed by atoms with Gasteiger partial charge in [-0.1, -0.05) is 18.2 Å². The van der Waals surface area contributed by atoms with E-state index in [1.54, 1.807) is 20.1 Å². The van der Waals surface area contributed by atoms with E-state index in [1.807, 2.05) is 24.0 Å². The van der Waals surface area contributed by atoms with Gasteiger partial charge in [0, 0.05) is 41.5 Å². The zero-order valence-corrected chi connectivity index (χ0v) is 19.9. The fourth-order valence-electron chi connectivity index (χ4n) is 4.24. The van der Waals surface area contributed by atoms with E-state index in [0.717, 1.165) is 17.1 Å². The van der Waals surface area contributed by atoms with Crippen LogP contribution in [0.1, 0.15) is 36.2 Å². The number of methoxy groups -OCH3 is 1. The lowest BCUT2D eigenvalue weighted by molar-refractivity contribution is 0.146. The van der Waals surface area contributed by atoms with Crippen molar-refractivity contribution >= 4 is 32.1 Å². The minimum atomic E-state index is -3.06. The van der Waals surface area contributed by atoms with E-state index in [-0.39, 0.29) is 17.1 Å². The summed E-state index contributed by atoms with van der Waals surface area (Å²) in [5, 5.41) is 3.98. The lowest BCUT2D eigenvalue weighted by atomic mass is 10.0. The quantitative estimate of drug-likeness (QED) is 0.519. The number of rotatable bonds is 6. The minimum Gasteiger partial charge on any atom is -0.495 e. The van der Waals surface area contributed by atoms with Crippen molar-refractivity contribution in [3.05, 3.63) is 59.0 Å². The highest BCUT2D eigenvalue weighted by Crippen LogP contribution is 2.38. The van der Waals surface area contributed by atoms with Crippen LogP contribution in [0, 0.1) is 12.7 Å². The maximum Gasteiger partial charge on any atom is 0.266 e. The lowest BCUT2D eigenvalue weighted by Crippen LogP contribution is -2.40.